The van der Waals surface area contributed by atoms with Gasteiger partial charge in [0, 0.05) is 18.6 Å². The summed E-state index contributed by atoms with van der Waals surface area (Å²) < 4.78 is 25.3. The zero-order chi connectivity index (χ0) is 27.9. The Balaban J connectivity index is 1.54. The first-order valence-electron chi connectivity index (χ1n) is 12.4. The molecule has 0 aromatic heterocycles. The van der Waals surface area contributed by atoms with E-state index in [9.17, 15) is 23.4 Å². The number of benzene rings is 3. The van der Waals surface area contributed by atoms with Crippen molar-refractivity contribution in [3.8, 4) is 5.75 Å². The van der Waals surface area contributed by atoms with E-state index < -0.39 is 16.1 Å². The molecule has 8 nitrogen and oxygen atoms in total. The summed E-state index contributed by atoms with van der Waals surface area (Å²) in [5, 5.41) is 26.9. The van der Waals surface area contributed by atoms with E-state index in [0.29, 0.717) is 18.5 Å². The first kappa shape index (κ1) is 29.2. The van der Waals surface area contributed by atoms with Gasteiger partial charge in [0.25, 0.3) is 0 Å². The van der Waals surface area contributed by atoms with Gasteiger partial charge in [0.15, 0.2) is 0 Å². The van der Waals surface area contributed by atoms with Crippen LogP contribution in [0.5, 0.6) is 5.75 Å². The van der Waals surface area contributed by atoms with Gasteiger partial charge in [0.1, 0.15) is 5.75 Å². The molecule has 0 aliphatic rings. The minimum atomic E-state index is -3.57. The molecule has 0 radical (unpaired) electrons. The molecule has 204 valence electrons. The number of β-amino-alcohol motifs (C(OH)–C–C–N with tert-alkyl or cyclic N) is 1. The van der Waals surface area contributed by atoms with Crippen LogP contribution < -0.4 is 15.4 Å². The zero-order valence-corrected chi connectivity index (χ0v) is 23.1. The van der Waals surface area contributed by atoms with Crippen LogP contribution in [0.15, 0.2) is 66.7 Å². The molecule has 0 aliphatic heterocycles. The lowest BCUT2D eigenvalue weighted by Crippen LogP contribution is -2.43. The van der Waals surface area contributed by atoms with Crippen molar-refractivity contribution >= 4 is 21.6 Å². The fourth-order valence-corrected chi connectivity index (χ4v) is 4.67. The number of carbonyl (C=O) groups excluding carboxylic acids is 1. The molecule has 3 rings (SSSR count). The van der Waals surface area contributed by atoms with Gasteiger partial charge in [-0.15, -0.1) is 0 Å². The molecule has 0 bridgehead atoms. The Bertz CT molecular complexity index is 1350. The standard InChI is InChI=1S/C29H37N3O5S/c1-20-8-10-21(11-9-20)18-30-28(35)15-22-6-5-7-23(14-22)17-29(2,3)31-19-27(34)24-12-13-26(33)25(16-24)32-38(4,36)37/h5-14,16,27,31-34H,15,17-19H2,1-4H3,(H,30,35)/t27-/m1/s1. The fraction of sp³-hybridized carbons (Fsp3) is 0.345. The maximum atomic E-state index is 12.5. The van der Waals surface area contributed by atoms with Crippen molar-refractivity contribution in [2.24, 2.45) is 0 Å². The first-order chi connectivity index (χ1) is 17.8. The molecule has 0 saturated heterocycles. The third-order valence-corrected chi connectivity index (χ3v) is 6.68. The number of phenolic OH excluding ortho intramolecular Hbond substituents is 1. The van der Waals surface area contributed by atoms with Crippen LogP contribution in [0, 0.1) is 6.92 Å². The quantitative estimate of drug-likeness (QED) is 0.224. The summed E-state index contributed by atoms with van der Waals surface area (Å²) in [6.45, 7) is 6.78. The molecular formula is C29H37N3O5S. The van der Waals surface area contributed by atoms with E-state index in [1.165, 1.54) is 17.7 Å². The molecule has 3 aromatic carbocycles. The number of aliphatic hydroxyl groups excluding tert-OH is 1. The average Bonchev–Trinajstić information content (AvgIpc) is 2.83. The Kier molecular flexibility index (Phi) is 9.54. The van der Waals surface area contributed by atoms with Crippen LogP contribution in [0.4, 0.5) is 5.69 Å². The minimum Gasteiger partial charge on any atom is -0.506 e. The van der Waals surface area contributed by atoms with Crippen molar-refractivity contribution in [3.63, 3.8) is 0 Å². The highest BCUT2D eigenvalue weighted by atomic mass is 32.2. The van der Waals surface area contributed by atoms with Gasteiger partial charge in [-0.05, 0) is 61.6 Å². The van der Waals surface area contributed by atoms with Crippen molar-refractivity contribution in [2.75, 3.05) is 17.5 Å². The molecule has 0 aliphatic carbocycles. The number of anilines is 1. The van der Waals surface area contributed by atoms with Gasteiger partial charge in [-0.1, -0.05) is 60.2 Å². The van der Waals surface area contributed by atoms with E-state index in [1.807, 2.05) is 69.3 Å². The Morgan fingerprint density at radius 3 is 2.34 bits per heavy atom. The molecule has 38 heavy (non-hydrogen) atoms. The molecule has 9 heteroatoms. The summed E-state index contributed by atoms with van der Waals surface area (Å²) in [5.41, 5.74) is 4.33. The van der Waals surface area contributed by atoms with Gasteiger partial charge >= 0.3 is 0 Å². The number of nitrogens with one attached hydrogen (secondary N) is 3. The van der Waals surface area contributed by atoms with Crippen LogP contribution in [0.1, 0.15) is 47.8 Å². The fourth-order valence-electron chi connectivity index (χ4n) is 4.11. The Morgan fingerprint density at radius 1 is 0.974 bits per heavy atom. The van der Waals surface area contributed by atoms with Crippen molar-refractivity contribution in [2.45, 2.75) is 51.8 Å². The van der Waals surface area contributed by atoms with Gasteiger partial charge in [-0.3, -0.25) is 9.52 Å². The Hall–Kier alpha value is -3.40. The van der Waals surface area contributed by atoms with Gasteiger partial charge in [-0.25, -0.2) is 8.42 Å². The Morgan fingerprint density at radius 2 is 1.66 bits per heavy atom. The van der Waals surface area contributed by atoms with Crippen molar-refractivity contribution in [1.82, 2.24) is 10.6 Å². The second-order valence-corrected chi connectivity index (χ2v) is 12.1. The number of aromatic hydroxyl groups is 1. The zero-order valence-electron chi connectivity index (χ0n) is 22.3. The number of sulfonamides is 1. The van der Waals surface area contributed by atoms with Crippen LogP contribution in [0.3, 0.4) is 0 Å². The van der Waals surface area contributed by atoms with Gasteiger partial charge in [-0.2, -0.15) is 0 Å². The van der Waals surface area contributed by atoms with Crippen LogP contribution in [0.25, 0.3) is 0 Å². The minimum absolute atomic E-state index is 0.0167. The van der Waals surface area contributed by atoms with E-state index in [2.05, 4.69) is 15.4 Å². The van der Waals surface area contributed by atoms with E-state index in [-0.39, 0.29) is 35.8 Å². The summed E-state index contributed by atoms with van der Waals surface area (Å²) in [6.07, 6.45) is 1.02. The molecule has 1 atom stereocenters. The lowest BCUT2D eigenvalue weighted by atomic mass is 9.93. The van der Waals surface area contributed by atoms with E-state index in [4.69, 9.17) is 0 Å². The lowest BCUT2D eigenvalue weighted by molar-refractivity contribution is -0.120. The number of rotatable bonds is 12. The molecule has 0 spiro atoms. The Labute approximate surface area is 225 Å². The number of amides is 1. The summed E-state index contributed by atoms with van der Waals surface area (Å²) in [7, 11) is -3.57. The van der Waals surface area contributed by atoms with E-state index in [0.717, 1.165) is 22.9 Å². The normalized spacial score (nSPS) is 12.7. The SMILES string of the molecule is Cc1ccc(CNC(=O)Cc2cccc(CC(C)(C)NC[C@@H](O)c3ccc(O)c(NS(C)(=O)=O)c3)c2)cc1. The molecule has 0 heterocycles. The highest BCUT2D eigenvalue weighted by Crippen LogP contribution is 2.28. The topological polar surface area (TPSA) is 128 Å². The first-order valence-corrected chi connectivity index (χ1v) is 14.3. The number of carbonyl (C=O) groups is 1. The monoisotopic (exact) mass is 539 g/mol. The highest BCUT2D eigenvalue weighted by molar-refractivity contribution is 7.92. The maximum absolute atomic E-state index is 12.5. The van der Waals surface area contributed by atoms with Crippen molar-refractivity contribution in [1.29, 1.82) is 0 Å². The van der Waals surface area contributed by atoms with Crippen molar-refractivity contribution < 1.29 is 23.4 Å². The van der Waals surface area contributed by atoms with Crippen LogP contribution >= 0.6 is 0 Å². The molecule has 5 N–H and O–H groups in total. The number of hydrogen-bond acceptors (Lipinski definition) is 6. The number of phenols is 1. The summed E-state index contributed by atoms with van der Waals surface area (Å²) >= 11 is 0. The summed E-state index contributed by atoms with van der Waals surface area (Å²) in [4.78, 5) is 12.5. The highest BCUT2D eigenvalue weighted by Gasteiger charge is 2.21. The third-order valence-electron chi connectivity index (χ3n) is 6.09. The molecule has 1 amide bonds. The molecule has 0 unspecified atom stereocenters. The largest absolute Gasteiger partial charge is 0.506 e. The van der Waals surface area contributed by atoms with Gasteiger partial charge < -0.3 is 20.8 Å². The predicted octanol–water partition coefficient (Wildman–Crippen LogP) is 3.58. The number of aryl methyl sites for hydroxylation is 1. The van der Waals surface area contributed by atoms with Crippen LogP contribution in [0.2, 0.25) is 0 Å². The summed E-state index contributed by atoms with van der Waals surface area (Å²) in [5.74, 6) is -0.259. The van der Waals surface area contributed by atoms with Gasteiger partial charge in [0.2, 0.25) is 15.9 Å². The summed E-state index contributed by atoms with van der Waals surface area (Å²) in [6, 6.07) is 20.3. The van der Waals surface area contributed by atoms with Crippen molar-refractivity contribution in [3.05, 3.63) is 94.5 Å². The lowest BCUT2D eigenvalue weighted by Gasteiger charge is -2.28. The number of hydrogen-bond donors (Lipinski definition) is 5. The molecule has 3 aromatic rings. The smallest absolute Gasteiger partial charge is 0.229 e. The second-order valence-electron chi connectivity index (χ2n) is 10.4. The van der Waals surface area contributed by atoms with Crippen LogP contribution in [-0.2, 0) is 34.2 Å². The van der Waals surface area contributed by atoms with Gasteiger partial charge in [0.05, 0.1) is 24.5 Å². The molecular weight excluding hydrogens is 502 g/mol. The van der Waals surface area contributed by atoms with E-state index >= 15 is 0 Å². The third kappa shape index (κ3) is 9.48. The molecule has 0 saturated carbocycles. The second kappa shape index (κ2) is 12.4. The van der Waals surface area contributed by atoms with Crippen LogP contribution in [-0.4, -0.2) is 42.9 Å². The van der Waals surface area contributed by atoms with E-state index in [1.54, 1.807) is 6.07 Å². The predicted molar refractivity (Wildman–Crippen MR) is 150 cm³/mol. The maximum Gasteiger partial charge on any atom is 0.229 e. The number of aliphatic hydroxyl groups is 1. The average molecular weight is 540 g/mol. The molecule has 0 fully saturated rings.